The lowest BCUT2D eigenvalue weighted by atomic mass is 10.0. The molecule has 0 fully saturated rings. The monoisotopic (exact) mass is 342 g/mol. The second-order valence-corrected chi connectivity index (χ2v) is 5.62. The zero-order valence-corrected chi connectivity index (χ0v) is 12.9. The highest BCUT2D eigenvalue weighted by Gasteiger charge is 2.47. The van der Waals surface area contributed by atoms with E-state index in [4.69, 9.17) is 4.42 Å². The van der Waals surface area contributed by atoms with E-state index in [2.05, 4.69) is 15.7 Å². The lowest BCUT2D eigenvalue weighted by molar-refractivity contribution is -0.174. The van der Waals surface area contributed by atoms with Gasteiger partial charge in [-0.2, -0.15) is 18.3 Å². The molecule has 2 atom stereocenters. The minimum absolute atomic E-state index is 0.0414. The molecule has 0 bridgehead atoms. The molecule has 1 aliphatic heterocycles. The van der Waals surface area contributed by atoms with E-state index in [-0.39, 0.29) is 17.9 Å². The van der Waals surface area contributed by atoms with Crippen molar-refractivity contribution >= 4 is 11.7 Å². The molecule has 0 radical (unpaired) electrons. The predicted octanol–water partition coefficient (Wildman–Crippen LogP) is 3.28. The van der Waals surface area contributed by atoms with Gasteiger partial charge in [-0.3, -0.25) is 4.79 Å². The van der Waals surface area contributed by atoms with Gasteiger partial charge in [-0.15, -0.1) is 0 Å². The number of furan rings is 1. The Hall–Kier alpha value is -2.45. The topological polar surface area (TPSA) is 72.1 Å². The molecule has 2 N–H and O–H groups in total. The van der Waals surface area contributed by atoms with Gasteiger partial charge < -0.3 is 15.1 Å². The molecule has 0 saturated heterocycles. The van der Waals surface area contributed by atoms with Crippen molar-refractivity contribution in [2.75, 3.05) is 11.9 Å². The Kier molecular flexibility index (Phi) is 4.25. The van der Waals surface area contributed by atoms with Crippen LogP contribution in [0.1, 0.15) is 48.1 Å². The van der Waals surface area contributed by atoms with Crippen molar-refractivity contribution in [3.05, 3.63) is 35.9 Å². The van der Waals surface area contributed by atoms with Crippen molar-refractivity contribution in [1.29, 1.82) is 0 Å². The Balaban J connectivity index is 1.93. The van der Waals surface area contributed by atoms with Crippen LogP contribution in [0.15, 0.2) is 28.9 Å². The standard InChI is InChI=1S/C15H17F3N4O2/c1-2-5-19-14(23)10-8-13-20-9(11-4-3-6-24-11)7-12(15(16,17)18)22(13)21-10/h3-4,6,8-9,12,20H,2,5,7H2,1H3,(H,19,23)/t9-,12-/m1/s1. The van der Waals surface area contributed by atoms with Crippen LogP contribution in [0.4, 0.5) is 19.0 Å². The first-order chi connectivity index (χ1) is 11.4. The third kappa shape index (κ3) is 3.10. The Labute approximate surface area is 136 Å². The lowest BCUT2D eigenvalue weighted by Crippen LogP contribution is -2.35. The highest BCUT2D eigenvalue weighted by molar-refractivity contribution is 5.93. The van der Waals surface area contributed by atoms with Gasteiger partial charge in [-0.25, -0.2) is 4.68 Å². The highest BCUT2D eigenvalue weighted by Crippen LogP contribution is 2.43. The number of carbonyl (C=O) groups excluding carboxylic acids is 1. The molecule has 0 aromatic carbocycles. The van der Waals surface area contributed by atoms with Gasteiger partial charge in [0.2, 0.25) is 0 Å². The minimum atomic E-state index is -4.48. The molecule has 130 valence electrons. The summed E-state index contributed by atoms with van der Waals surface area (Å²) in [5.74, 6) is 0.0660. The van der Waals surface area contributed by atoms with E-state index in [1.165, 1.54) is 12.3 Å². The fourth-order valence-corrected chi connectivity index (χ4v) is 2.69. The molecule has 3 rings (SSSR count). The van der Waals surface area contributed by atoms with E-state index >= 15 is 0 Å². The number of hydrogen-bond donors (Lipinski definition) is 2. The molecule has 9 heteroatoms. The summed E-state index contributed by atoms with van der Waals surface area (Å²) in [7, 11) is 0. The fourth-order valence-electron chi connectivity index (χ4n) is 2.69. The van der Waals surface area contributed by atoms with Crippen LogP contribution >= 0.6 is 0 Å². The molecule has 0 aliphatic carbocycles. The Bertz CT molecular complexity index is 709. The van der Waals surface area contributed by atoms with Crippen molar-refractivity contribution in [1.82, 2.24) is 15.1 Å². The van der Waals surface area contributed by atoms with E-state index in [0.29, 0.717) is 12.3 Å². The number of amides is 1. The van der Waals surface area contributed by atoms with Crippen LogP contribution in [0.2, 0.25) is 0 Å². The van der Waals surface area contributed by atoms with Crippen molar-refractivity contribution in [2.24, 2.45) is 0 Å². The van der Waals surface area contributed by atoms with Crippen molar-refractivity contribution in [3.63, 3.8) is 0 Å². The number of nitrogens with one attached hydrogen (secondary N) is 2. The van der Waals surface area contributed by atoms with Crippen molar-refractivity contribution in [3.8, 4) is 0 Å². The minimum Gasteiger partial charge on any atom is -0.467 e. The SMILES string of the molecule is CCCNC(=O)c1cc2n(n1)[C@@H](C(F)(F)F)C[C@H](c1ccco1)N2. The second kappa shape index (κ2) is 6.21. The smallest absolute Gasteiger partial charge is 0.410 e. The van der Waals surface area contributed by atoms with Crippen LogP contribution in [0.25, 0.3) is 0 Å². The predicted molar refractivity (Wildman–Crippen MR) is 79.6 cm³/mol. The van der Waals surface area contributed by atoms with Gasteiger partial charge in [0.25, 0.3) is 5.91 Å². The summed E-state index contributed by atoms with van der Waals surface area (Å²) < 4.78 is 46.3. The molecular weight excluding hydrogens is 325 g/mol. The molecule has 2 aromatic rings. The fraction of sp³-hybridized carbons (Fsp3) is 0.467. The molecular formula is C15H17F3N4O2. The average Bonchev–Trinajstić information content (AvgIpc) is 3.19. The number of fused-ring (bicyclic) bond motifs is 1. The zero-order chi connectivity index (χ0) is 17.3. The molecule has 2 aromatic heterocycles. The number of nitrogens with zero attached hydrogens (tertiary/aromatic N) is 2. The van der Waals surface area contributed by atoms with Crippen LogP contribution < -0.4 is 10.6 Å². The largest absolute Gasteiger partial charge is 0.467 e. The lowest BCUT2D eigenvalue weighted by Gasteiger charge is -2.32. The van der Waals surface area contributed by atoms with Crippen LogP contribution in [-0.4, -0.2) is 28.4 Å². The summed E-state index contributed by atoms with van der Waals surface area (Å²) in [5.41, 5.74) is -0.0414. The highest BCUT2D eigenvalue weighted by atomic mass is 19.4. The first-order valence-corrected chi connectivity index (χ1v) is 7.64. The molecule has 3 heterocycles. The van der Waals surface area contributed by atoms with Crippen molar-refractivity contribution in [2.45, 2.75) is 38.0 Å². The Morgan fingerprint density at radius 3 is 2.96 bits per heavy atom. The first-order valence-electron chi connectivity index (χ1n) is 7.64. The van der Waals surface area contributed by atoms with E-state index < -0.39 is 24.2 Å². The summed E-state index contributed by atoms with van der Waals surface area (Å²) in [6.07, 6.45) is -2.61. The number of aromatic nitrogens is 2. The van der Waals surface area contributed by atoms with Gasteiger partial charge in [0, 0.05) is 19.0 Å². The summed E-state index contributed by atoms with van der Waals surface area (Å²) in [4.78, 5) is 12.0. The van der Waals surface area contributed by atoms with Crippen LogP contribution in [0.3, 0.4) is 0 Å². The van der Waals surface area contributed by atoms with Gasteiger partial charge >= 0.3 is 6.18 Å². The van der Waals surface area contributed by atoms with Gasteiger partial charge in [-0.1, -0.05) is 6.92 Å². The molecule has 1 aliphatic rings. The first kappa shape index (κ1) is 16.4. The number of hydrogen-bond acceptors (Lipinski definition) is 4. The molecule has 6 nitrogen and oxygen atoms in total. The van der Waals surface area contributed by atoms with Crippen molar-refractivity contribution < 1.29 is 22.4 Å². The molecule has 24 heavy (non-hydrogen) atoms. The van der Waals surface area contributed by atoms with Crippen LogP contribution in [0, 0.1) is 0 Å². The second-order valence-electron chi connectivity index (χ2n) is 5.62. The Morgan fingerprint density at radius 2 is 2.33 bits per heavy atom. The van der Waals surface area contributed by atoms with E-state index in [0.717, 1.165) is 11.1 Å². The van der Waals surface area contributed by atoms with E-state index in [1.54, 1.807) is 12.1 Å². The molecule has 0 saturated carbocycles. The quantitative estimate of drug-likeness (QED) is 0.894. The van der Waals surface area contributed by atoms with Gasteiger partial charge in [0.1, 0.15) is 11.6 Å². The molecule has 0 spiro atoms. The maximum atomic E-state index is 13.4. The van der Waals surface area contributed by atoms with Gasteiger partial charge in [0.15, 0.2) is 11.7 Å². The van der Waals surface area contributed by atoms with Crippen LogP contribution in [0.5, 0.6) is 0 Å². The summed E-state index contributed by atoms with van der Waals surface area (Å²) >= 11 is 0. The third-order valence-corrected chi connectivity index (χ3v) is 3.84. The number of halogens is 3. The maximum Gasteiger partial charge on any atom is 0.410 e. The van der Waals surface area contributed by atoms with Gasteiger partial charge in [-0.05, 0) is 18.6 Å². The molecule has 0 unspecified atom stereocenters. The summed E-state index contributed by atoms with van der Waals surface area (Å²) in [6, 6.07) is 2.11. The van der Waals surface area contributed by atoms with E-state index in [1.807, 2.05) is 6.92 Å². The Morgan fingerprint density at radius 1 is 1.54 bits per heavy atom. The normalized spacial score (nSPS) is 20.3. The van der Waals surface area contributed by atoms with E-state index in [9.17, 15) is 18.0 Å². The number of alkyl halides is 3. The number of rotatable bonds is 4. The maximum absolute atomic E-state index is 13.4. The summed E-state index contributed by atoms with van der Waals surface area (Å²) in [6.45, 7) is 2.32. The number of anilines is 1. The van der Waals surface area contributed by atoms with Crippen LogP contribution in [-0.2, 0) is 0 Å². The zero-order valence-electron chi connectivity index (χ0n) is 12.9. The van der Waals surface area contributed by atoms with Gasteiger partial charge in [0.05, 0.1) is 12.3 Å². The summed E-state index contributed by atoms with van der Waals surface area (Å²) in [5, 5.41) is 9.43. The number of carbonyl (C=O) groups is 1. The average molecular weight is 342 g/mol. The third-order valence-electron chi connectivity index (χ3n) is 3.84. The molecule has 1 amide bonds.